The van der Waals surface area contributed by atoms with Gasteiger partial charge in [-0.15, -0.1) is 11.3 Å². The third-order valence-corrected chi connectivity index (χ3v) is 6.40. The number of thiophene rings is 1. The Morgan fingerprint density at radius 1 is 1.00 bits per heavy atom. The van der Waals surface area contributed by atoms with Gasteiger partial charge in [0.1, 0.15) is 0 Å². The van der Waals surface area contributed by atoms with Crippen LogP contribution in [0.25, 0.3) is 0 Å². The number of methoxy groups -OCH3 is 1. The molecule has 4 aromatic rings. The minimum Gasteiger partial charge on any atom is -0.493 e. The number of aromatic nitrogens is 1. The SMILES string of the molecule is COc1cc(CN(Cc2ccccn2)C(=O)c2cccc(Cl)c2)ccc1OCCc1cccs1. The summed E-state index contributed by atoms with van der Waals surface area (Å²) in [6.07, 6.45) is 2.57. The lowest BCUT2D eigenvalue weighted by Gasteiger charge is -2.23. The van der Waals surface area contributed by atoms with E-state index in [1.807, 2.05) is 42.5 Å². The third kappa shape index (κ3) is 6.37. The molecule has 1 amide bonds. The molecule has 0 bridgehead atoms. The Labute approximate surface area is 208 Å². The monoisotopic (exact) mass is 492 g/mol. The topological polar surface area (TPSA) is 51.7 Å². The van der Waals surface area contributed by atoms with Crippen molar-refractivity contribution in [2.75, 3.05) is 13.7 Å². The zero-order valence-corrected chi connectivity index (χ0v) is 20.4. The van der Waals surface area contributed by atoms with Crippen LogP contribution in [-0.4, -0.2) is 29.5 Å². The van der Waals surface area contributed by atoms with Crippen LogP contribution in [-0.2, 0) is 19.5 Å². The fourth-order valence-corrected chi connectivity index (χ4v) is 4.44. The van der Waals surface area contributed by atoms with Gasteiger partial charge in [-0.3, -0.25) is 9.78 Å². The Morgan fingerprint density at radius 3 is 2.65 bits per heavy atom. The van der Waals surface area contributed by atoms with Crippen LogP contribution in [0.1, 0.15) is 26.5 Å². The van der Waals surface area contributed by atoms with E-state index in [2.05, 4.69) is 16.4 Å². The summed E-state index contributed by atoms with van der Waals surface area (Å²) in [5.41, 5.74) is 2.26. The number of hydrogen-bond acceptors (Lipinski definition) is 5. The van der Waals surface area contributed by atoms with Crippen molar-refractivity contribution in [1.82, 2.24) is 9.88 Å². The van der Waals surface area contributed by atoms with Crippen LogP contribution >= 0.6 is 22.9 Å². The van der Waals surface area contributed by atoms with Crippen LogP contribution in [0.3, 0.4) is 0 Å². The lowest BCUT2D eigenvalue weighted by Crippen LogP contribution is -2.30. The molecule has 2 aromatic heterocycles. The number of pyridine rings is 1. The summed E-state index contributed by atoms with van der Waals surface area (Å²) in [5.74, 6) is 1.19. The van der Waals surface area contributed by atoms with Crippen molar-refractivity contribution in [2.45, 2.75) is 19.5 Å². The molecule has 2 aromatic carbocycles. The molecule has 0 atom stereocenters. The molecule has 174 valence electrons. The molecule has 0 aliphatic rings. The Kier molecular flexibility index (Phi) is 8.17. The van der Waals surface area contributed by atoms with Crippen molar-refractivity contribution in [3.8, 4) is 11.5 Å². The number of carbonyl (C=O) groups is 1. The second kappa shape index (κ2) is 11.7. The highest BCUT2D eigenvalue weighted by atomic mass is 35.5. The Hall–Kier alpha value is -3.35. The normalized spacial score (nSPS) is 10.6. The number of amides is 1. The summed E-state index contributed by atoms with van der Waals surface area (Å²) < 4.78 is 11.5. The molecule has 5 nitrogen and oxygen atoms in total. The molecule has 0 aliphatic carbocycles. The van der Waals surface area contributed by atoms with Crippen LogP contribution in [0.5, 0.6) is 11.5 Å². The maximum atomic E-state index is 13.4. The molecular weight excluding hydrogens is 468 g/mol. The van der Waals surface area contributed by atoms with Crippen LogP contribution in [0.15, 0.2) is 84.4 Å². The van der Waals surface area contributed by atoms with E-state index < -0.39 is 0 Å². The highest BCUT2D eigenvalue weighted by molar-refractivity contribution is 7.09. The lowest BCUT2D eigenvalue weighted by molar-refractivity contribution is 0.0727. The van der Waals surface area contributed by atoms with Crippen molar-refractivity contribution < 1.29 is 14.3 Å². The van der Waals surface area contributed by atoms with Crippen LogP contribution in [0.4, 0.5) is 0 Å². The van der Waals surface area contributed by atoms with Crippen molar-refractivity contribution in [3.63, 3.8) is 0 Å². The van der Waals surface area contributed by atoms with E-state index in [1.165, 1.54) is 4.88 Å². The van der Waals surface area contributed by atoms with Gasteiger partial charge in [0.15, 0.2) is 11.5 Å². The molecular formula is C27H25ClN2O3S. The fraction of sp³-hybridized carbons (Fsp3) is 0.185. The van der Waals surface area contributed by atoms with Gasteiger partial charge in [0.2, 0.25) is 0 Å². The van der Waals surface area contributed by atoms with E-state index in [-0.39, 0.29) is 5.91 Å². The van der Waals surface area contributed by atoms with Crippen LogP contribution in [0.2, 0.25) is 5.02 Å². The van der Waals surface area contributed by atoms with E-state index >= 15 is 0 Å². The minimum atomic E-state index is -0.122. The van der Waals surface area contributed by atoms with Crippen LogP contribution < -0.4 is 9.47 Å². The standard InChI is InChI=1S/C27H25ClN2O3S/c1-32-26-16-20(10-11-25(26)33-14-12-24-9-5-15-34-24)18-30(19-23-8-2-3-13-29-23)27(31)21-6-4-7-22(28)17-21/h2-11,13,15-17H,12,14,18-19H2,1H3. The number of nitrogens with zero attached hydrogens (tertiary/aromatic N) is 2. The molecule has 0 saturated heterocycles. The van der Waals surface area contributed by atoms with Crippen molar-refractivity contribution in [2.24, 2.45) is 0 Å². The number of rotatable bonds is 10. The summed E-state index contributed by atoms with van der Waals surface area (Å²) in [6, 6.07) is 22.6. The fourth-order valence-electron chi connectivity index (χ4n) is 3.56. The Balaban J connectivity index is 1.51. The number of ether oxygens (including phenoxy) is 2. The maximum Gasteiger partial charge on any atom is 0.254 e. The molecule has 0 unspecified atom stereocenters. The summed E-state index contributed by atoms with van der Waals surface area (Å²) in [4.78, 5) is 20.8. The second-order valence-corrected chi connectivity index (χ2v) is 9.12. The minimum absolute atomic E-state index is 0.122. The van der Waals surface area contributed by atoms with Gasteiger partial charge in [-0.25, -0.2) is 0 Å². The van der Waals surface area contributed by atoms with Crippen molar-refractivity contribution in [1.29, 1.82) is 0 Å². The number of halogens is 1. The zero-order chi connectivity index (χ0) is 23.8. The molecule has 4 rings (SSSR count). The van der Waals surface area contributed by atoms with Gasteiger partial charge in [0, 0.05) is 34.6 Å². The average Bonchev–Trinajstić information content (AvgIpc) is 3.38. The first-order valence-electron chi connectivity index (χ1n) is 10.9. The number of hydrogen-bond donors (Lipinski definition) is 0. The molecule has 0 N–H and O–H groups in total. The Morgan fingerprint density at radius 2 is 1.91 bits per heavy atom. The molecule has 0 fully saturated rings. The van der Waals surface area contributed by atoms with Gasteiger partial charge in [0.05, 0.1) is 26.0 Å². The van der Waals surface area contributed by atoms with E-state index in [4.69, 9.17) is 21.1 Å². The third-order valence-electron chi connectivity index (χ3n) is 5.23. The first-order chi connectivity index (χ1) is 16.6. The van der Waals surface area contributed by atoms with Crippen molar-refractivity contribution >= 4 is 28.8 Å². The highest BCUT2D eigenvalue weighted by Crippen LogP contribution is 2.29. The molecule has 0 saturated carbocycles. The number of benzene rings is 2. The predicted molar refractivity (Wildman–Crippen MR) is 136 cm³/mol. The highest BCUT2D eigenvalue weighted by Gasteiger charge is 2.19. The first-order valence-corrected chi connectivity index (χ1v) is 12.1. The smallest absolute Gasteiger partial charge is 0.254 e. The summed E-state index contributed by atoms with van der Waals surface area (Å²) in [6.45, 7) is 1.32. The molecule has 0 radical (unpaired) electrons. The molecule has 0 aliphatic heterocycles. The lowest BCUT2D eigenvalue weighted by atomic mass is 10.1. The second-order valence-electron chi connectivity index (χ2n) is 7.66. The predicted octanol–water partition coefficient (Wildman–Crippen LogP) is 6.27. The van der Waals surface area contributed by atoms with E-state index in [0.717, 1.165) is 17.7 Å². The van der Waals surface area contributed by atoms with E-state index in [0.29, 0.717) is 41.8 Å². The van der Waals surface area contributed by atoms with Gasteiger partial charge in [0.25, 0.3) is 5.91 Å². The van der Waals surface area contributed by atoms with Gasteiger partial charge in [-0.05, 0) is 59.5 Å². The molecule has 34 heavy (non-hydrogen) atoms. The van der Waals surface area contributed by atoms with Gasteiger partial charge in [-0.1, -0.05) is 35.9 Å². The van der Waals surface area contributed by atoms with Crippen molar-refractivity contribution in [3.05, 3.63) is 111 Å². The summed E-state index contributed by atoms with van der Waals surface area (Å²) in [5, 5.41) is 2.58. The summed E-state index contributed by atoms with van der Waals surface area (Å²) in [7, 11) is 1.62. The molecule has 2 heterocycles. The van der Waals surface area contributed by atoms with Gasteiger partial charge in [-0.2, -0.15) is 0 Å². The van der Waals surface area contributed by atoms with Crippen LogP contribution in [0, 0.1) is 0 Å². The zero-order valence-electron chi connectivity index (χ0n) is 18.8. The Bertz CT molecular complexity index is 1220. The first kappa shape index (κ1) is 23.8. The van der Waals surface area contributed by atoms with E-state index in [9.17, 15) is 4.79 Å². The number of carbonyl (C=O) groups excluding carboxylic acids is 1. The molecule has 7 heteroatoms. The quantitative estimate of drug-likeness (QED) is 0.262. The summed E-state index contributed by atoms with van der Waals surface area (Å²) >= 11 is 7.85. The largest absolute Gasteiger partial charge is 0.493 e. The van der Waals surface area contributed by atoms with Gasteiger partial charge >= 0.3 is 0 Å². The molecule has 0 spiro atoms. The average molecular weight is 493 g/mol. The van der Waals surface area contributed by atoms with Gasteiger partial charge < -0.3 is 14.4 Å². The maximum absolute atomic E-state index is 13.4. The van der Waals surface area contributed by atoms with E-state index in [1.54, 1.807) is 53.8 Å².